The Hall–Kier alpha value is -1.35. The molecule has 1 N–H and O–H groups in total. The number of carbonyl (C=O) groups is 1. The van der Waals surface area contributed by atoms with E-state index in [0.29, 0.717) is 6.54 Å². The summed E-state index contributed by atoms with van der Waals surface area (Å²) in [4.78, 5) is 13.5. The fourth-order valence-electron chi connectivity index (χ4n) is 1.60. The van der Waals surface area contributed by atoms with Crippen LogP contribution in [-0.2, 0) is 11.3 Å². The molecule has 0 aliphatic rings. The summed E-state index contributed by atoms with van der Waals surface area (Å²) in [6.07, 6.45) is 0. The first-order chi connectivity index (χ1) is 7.77. The highest BCUT2D eigenvalue weighted by Gasteiger charge is 2.07. The minimum atomic E-state index is 0.168. The molecule has 0 aliphatic heterocycles. The topological polar surface area (TPSA) is 32.3 Å². The second-order valence-corrected chi connectivity index (χ2v) is 3.66. The molecule has 3 heteroatoms. The Kier molecular flexibility index (Phi) is 5.57. The highest BCUT2D eigenvalue weighted by molar-refractivity contribution is 5.78. The van der Waals surface area contributed by atoms with Crippen LogP contribution in [0.4, 0.5) is 0 Å². The van der Waals surface area contributed by atoms with Crippen molar-refractivity contribution in [2.45, 2.75) is 20.4 Å². The molecule has 1 aromatic carbocycles. The van der Waals surface area contributed by atoms with Crippen molar-refractivity contribution in [3.8, 4) is 0 Å². The van der Waals surface area contributed by atoms with Crippen molar-refractivity contribution < 1.29 is 4.79 Å². The summed E-state index contributed by atoms with van der Waals surface area (Å²) in [6, 6.07) is 10.1. The molecule has 0 bridgehead atoms. The van der Waals surface area contributed by atoms with Gasteiger partial charge in [0, 0.05) is 19.6 Å². The van der Waals surface area contributed by atoms with Gasteiger partial charge in [0.25, 0.3) is 0 Å². The second kappa shape index (κ2) is 7.01. The van der Waals surface area contributed by atoms with Gasteiger partial charge in [-0.25, -0.2) is 0 Å². The fourth-order valence-corrected chi connectivity index (χ4v) is 1.60. The lowest BCUT2D eigenvalue weighted by molar-refractivity contribution is -0.129. The Bertz CT molecular complexity index is 307. The Morgan fingerprint density at radius 2 is 1.81 bits per heavy atom. The van der Waals surface area contributed by atoms with Gasteiger partial charge in [-0.15, -0.1) is 0 Å². The number of rotatable bonds is 6. The number of benzene rings is 1. The summed E-state index contributed by atoms with van der Waals surface area (Å²) in [5.41, 5.74) is 1.20. The predicted molar refractivity (Wildman–Crippen MR) is 66.1 cm³/mol. The number of hydrogen-bond acceptors (Lipinski definition) is 2. The quantitative estimate of drug-likeness (QED) is 0.790. The molecule has 0 unspecified atom stereocenters. The molecule has 0 saturated heterocycles. The van der Waals surface area contributed by atoms with Crippen molar-refractivity contribution in [1.82, 2.24) is 10.2 Å². The van der Waals surface area contributed by atoms with Crippen molar-refractivity contribution in [3.05, 3.63) is 35.9 Å². The molecule has 0 heterocycles. The third kappa shape index (κ3) is 4.03. The molecule has 3 nitrogen and oxygen atoms in total. The van der Waals surface area contributed by atoms with E-state index in [9.17, 15) is 4.79 Å². The first-order valence-electron chi connectivity index (χ1n) is 5.80. The molecule has 0 atom stereocenters. The third-order valence-corrected chi connectivity index (χ3v) is 2.56. The second-order valence-electron chi connectivity index (χ2n) is 3.66. The molecule has 1 amide bonds. The zero-order chi connectivity index (χ0) is 11.8. The van der Waals surface area contributed by atoms with Crippen molar-refractivity contribution in [1.29, 1.82) is 0 Å². The van der Waals surface area contributed by atoms with Gasteiger partial charge in [0.1, 0.15) is 0 Å². The van der Waals surface area contributed by atoms with Crippen molar-refractivity contribution in [2.24, 2.45) is 0 Å². The van der Waals surface area contributed by atoms with E-state index in [2.05, 4.69) is 17.4 Å². The molecule has 0 fully saturated rings. The van der Waals surface area contributed by atoms with Gasteiger partial charge >= 0.3 is 0 Å². The SMILES string of the molecule is CCN(CC)C(=O)CNCc1ccccc1. The maximum absolute atomic E-state index is 11.7. The zero-order valence-electron chi connectivity index (χ0n) is 10.1. The smallest absolute Gasteiger partial charge is 0.236 e. The number of likely N-dealkylation sites (N-methyl/N-ethyl adjacent to an activating group) is 1. The monoisotopic (exact) mass is 220 g/mol. The Morgan fingerprint density at radius 3 is 2.38 bits per heavy atom. The minimum Gasteiger partial charge on any atom is -0.342 e. The van der Waals surface area contributed by atoms with Crippen molar-refractivity contribution in [3.63, 3.8) is 0 Å². The predicted octanol–water partition coefficient (Wildman–Crippen LogP) is 1.64. The van der Waals surface area contributed by atoms with Crippen molar-refractivity contribution >= 4 is 5.91 Å². The van der Waals surface area contributed by atoms with Gasteiger partial charge in [0.15, 0.2) is 0 Å². The molecule has 16 heavy (non-hydrogen) atoms. The standard InChI is InChI=1S/C13H20N2O/c1-3-15(4-2)13(16)11-14-10-12-8-6-5-7-9-12/h5-9,14H,3-4,10-11H2,1-2H3. The maximum atomic E-state index is 11.7. The number of amides is 1. The third-order valence-electron chi connectivity index (χ3n) is 2.56. The lowest BCUT2D eigenvalue weighted by Crippen LogP contribution is -2.37. The van der Waals surface area contributed by atoms with Gasteiger partial charge in [-0.3, -0.25) is 4.79 Å². The van der Waals surface area contributed by atoms with E-state index in [-0.39, 0.29) is 5.91 Å². The van der Waals surface area contributed by atoms with E-state index in [1.807, 2.05) is 36.9 Å². The Balaban J connectivity index is 2.28. The number of hydrogen-bond donors (Lipinski definition) is 1. The van der Waals surface area contributed by atoms with Crippen LogP contribution in [0.25, 0.3) is 0 Å². The molecule has 0 saturated carbocycles. The van der Waals surface area contributed by atoms with Crippen LogP contribution in [0, 0.1) is 0 Å². The van der Waals surface area contributed by atoms with E-state index in [1.165, 1.54) is 5.56 Å². The van der Waals surface area contributed by atoms with Crippen molar-refractivity contribution in [2.75, 3.05) is 19.6 Å². The molecule has 0 radical (unpaired) electrons. The molecule has 0 aromatic heterocycles. The van der Waals surface area contributed by atoms with Crippen LogP contribution < -0.4 is 5.32 Å². The minimum absolute atomic E-state index is 0.168. The highest BCUT2D eigenvalue weighted by Crippen LogP contribution is 1.97. The van der Waals surface area contributed by atoms with E-state index in [1.54, 1.807) is 0 Å². The molecule has 0 aliphatic carbocycles. The first kappa shape index (κ1) is 12.7. The van der Waals surface area contributed by atoms with Crippen LogP contribution in [0.2, 0.25) is 0 Å². The van der Waals surface area contributed by atoms with Crippen LogP contribution in [0.1, 0.15) is 19.4 Å². The summed E-state index contributed by atoms with van der Waals surface area (Å²) in [5, 5.41) is 3.16. The first-order valence-corrected chi connectivity index (χ1v) is 5.80. The molecular formula is C13H20N2O. The van der Waals surface area contributed by atoms with Gasteiger partial charge in [-0.1, -0.05) is 30.3 Å². The van der Waals surface area contributed by atoms with Crippen LogP contribution in [0.15, 0.2) is 30.3 Å². The number of carbonyl (C=O) groups excluding carboxylic acids is 1. The maximum Gasteiger partial charge on any atom is 0.236 e. The Morgan fingerprint density at radius 1 is 1.19 bits per heavy atom. The van der Waals surface area contributed by atoms with E-state index < -0.39 is 0 Å². The lowest BCUT2D eigenvalue weighted by Gasteiger charge is -2.18. The summed E-state index contributed by atoms with van der Waals surface area (Å²) in [6.45, 7) is 6.71. The average molecular weight is 220 g/mol. The fraction of sp³-hybridized carbons (Fsp3) is 0.462. The van der Waals surface area contributed by atoms with E-state index >= 15 is 0 Å². The van der Waals surface area contributed by atoms with Crippen LogP contribution in [0.5, 0.6) is 0 Å². The summed E-state index contributed by atoms with van der Waals surface area (Å²) in [5.74, 6) is 0.168. The van der Waals surface area contributed by atoms with Gasteiger partial charge in [-0.2, -0.15) is 0 Å². The van der Waals surface area contributed by atoms with Gasteiger partial charge in [0.05, 0.1) is 6.54 Å². The van der Waals surface area contributed by atoms with E-state index in [4.69, 9.17) is 0 Å². The molecule has 1 aromatic rings. The Labute approximate surface area is 97.5 Å². The number of nitrogens with one attached hydrogen (secondary N) is 1. The van der Waals surface area contributed by atoms with Crippen LogP contribution in [-0.4, -0.2) is 30.4 Å². The van der Waals surface area contributed by atoms with Gasteiger partial charge in [-0.05, 0) is 19.4 Å². The van der Waals surface area contributed by atoms with E-state index in [0.717, 1.165) is 19.6 Å². The molecule has 0 spiro atoms. The zero-order valence-corrected chi connectivity index (χ0v) is 10.1. The summed E-state index contributed by atoms with van der Waals surface area (Å²) < 4.78 is 0. The highest BCUT2D eigenvalue weighted by atomic mass is 16.2. The van der Waals surface area contributed by atoms with Crippen LogP contribution in [0.3, 0.4) is 0 Å². The summed E-state index contributed by atoms with van der Waals surface area (Å²) >= 11 is 0. The molecule has 88 valence electrons. The van der Waals surface area contributed by atoms with Crippen LogP contribution >= 0.6 is 0 Å². The molecular weight excluding hydrogens is 200 g/mol. The normalized spacial score (nSPS) is 10.1. The largest absolute Gasteiger partial charge is 0.342 e. The molecule has 1 rings (SSSR count). The lowest BCUT2D eigenvalue weighted by atomic mass is 10.2. The number of nitrogens with zero attached hydrogens (tertiary/aromatic N) is 1. The average Bonchev–Trinajstić information content (AvgIpc) is 2.32. The summed E-state index contributed by atoms with van der Waals surface area (Å²) in [7, 11) is 0. The van der Waals surface area contributed by atoms with Gasteiger partial charge in [0.2, 0.25) is 5.91 Å². The van der Waals surface area contributed by atoms with Gasteiger partial charge < -0.3 is 10.2 Å².